The van der Waals surface area contributed by atoms with E-state index in [1.165, 1.54) is 11.8 Å². The predicted octanol–water partition coefficient (Wildman–Crippen LogP) is 2.90. The Bertz CT molecular complexity index is 593. The fourth-order valence-electron chi connectivity index (χ4n) is 2.36. The molecule has 0 fully saturated rings. The fraction of sp³-hybridized carbons (Fsp3) is 0.533. The molecule has 0 N–H and O–H groups in total. The highest BCUT2D eigenvalue weighted by Crippen LogP contribution is 2.28. The molecule has 6 nitrogen and oxygen atoms in total. The summed E-state index contributed by atoms with van der Waals surface area (Å²) in [6, 6.07) is 0. The summed E-state index contributed by atoms with van der Waals surface area (Å²) < 4.78 is 1.65. The number of hydrogen-bond donors (Lipinski definition) is 0. The van der Waals surface area contributed by atoms with Gasteiger partial charge in [0.05, 0.1) is 6.54 Å². The second kappa shape index (κ2) is 5.71. The number of nitrogens with zero attached hydrogens (tertiary/aromatic N) is 4. The van der Waals surface area contributed by atoms with Gasteiger partial charge in [0, 0.05) is 13.5 Å². The van der Waals surface area contributed by atoms with Gasteiger partial charge >= 0.3 is 5.82 Å². The number of nitro groups is 1. The van der Waals surface area contributed by atoms with Crippen molar-refractivity contribution < 1.29 is 4.92 Å². The van der Waals surface area contributed by atoms with Gasteiger partial charge in [0.1, 0.15) is 12.7 Å². The van der Waals surface area contributed by atoms with Crippen LogP contribution in [0.4, 0.5) is 5.82 Å². The third-order valence-corrected chi connectivity index (χ3v) is 3.71. The van der Waals surface area contributed by atoms with Crippen LogP contribution in [0.1, 0.15) is 26.6 Å². The van der Waals surface area contributed by atoms with E-state index in [1.807, 2.05) is 0 Å². The minimum Gasteiger partial charge on any atom is -0.370 e. The maximum atomic E-state index is 10.9. The quantitative estimate of drug-likeness (QED) is 0.632. The normalized spacial score (nSPS) is 15.2. The van der Waals surface area contributed by atoms with Gasteiger partial charge in [-0.1, -0.05) is 26.8 Å². The van der Waals surface area contributed by atoms with E-state index >= 15 is 0 Å². The number of aryl methyl sites for hydroxylation is 1. The number of allylic oxidation sites excluding steroid dienone is 2. The lowest BCUT2D eigenvalue weighted by Crippen LogP contribution is -2.26. The molecule has 1 aliphatic rings. The van der Waals surface area contributed by atoms with E-state index < -0.39 is 0 Å². The number of hydrogen-bond acceptors (Lipinski definition) is 4. The van der Waals surface area contributed by atoms with Crippen molar-refractivity contribution in [1.29, 1.82) is 0 Å². The Balaban J connectivity index is 1.98. The minimum atomic E-state index is -0.385. The van der Waals surface area contributed by atoms with Crippen LogP contribution in [0, 0.1) is 22.5 Å². The largest absolute Gasteiger partial charge is 0.370 e. The van der Waals surface area contributed by atoms with E-state index in [1.54, 1.807) is 11.5 Å². The van der Waals surface area contributed by atoms with Crippen molar-refractivity contribution >= 4 is 5.82 Å². The van der Waals surface area contributed by atoms with Crippen LogP contribution in [-0.2, 0) is 6.54 Å². The number of rotatable bonds is 4. The molecule has 2 rings (SSSR count). The summed E-state index contributed by atoms with van der Waals surface area (Å²) in [5.41, 5.74) is 1.48. The Hall–Kier alpha value is -2.11. The second-order valence-electron chi connectivity index (χ2n) is 6.29. The maximum Gasteiger partial charge on any atom is 0.342 e. The molecular formula is C15H22N4O2. The van der Waals surface area contributed by atoms with E-state index in [0.717, 1.165) is 13.1 Å². The first-order valence-electron chi connectivity index (χ1n) is 7.08. The Morgan fingerprint density at radius 2 is 2.10 bits per heavy atom. The molecule has 0 spiro atoms. The van der Waals surface area contributed by atoms with E-state index in [9.17, 15) is 10.1 Å². The van der Waals surface area contributed by atoms with Crippen molar-refractivity contribution in [1.82, 2.24) is 14.5 Å². The maximum absolute atomic E-state index is 10.9. The van der Waals surface area contributed by atoms with E-state index in [2.05, 4.69) is 49.0 Å². The molecule has 0 unspecified atom stereocenters. The van der Waals surface area contributed by atoms with Gasteiger partial charge in [0.25, 0.3) is 0 Å². The highest BCUT2D eigenvalue weighted by molar-refractivity contribution is 5.27. The first-order valence-corrected chi connectivity index (χ1v) is 7.08. The molecule has 0 bridgehead atoms. The van der Waals surface area contributed by atoms with Gasteiger partial charge in [-0.3, -0.25) is 0 Å². The van der Waals surface area contributed by atoms with Crippen LogP contribution in [0.5, 0.6) is 0 Å². The molecule has 21 heavy (non-hydrogen) atoms. The molecule has 0 saturated heterocycles. The fourth-order valence-corrected chi connectivity index (χ4v) is 2.36. The summed E-state index contributed by atoms with van der Waals surface area (Å²) in [5.74, 6) is 0.730. The van der Waals surface area contributed by atoms with Gasteiger partial charge in [-0.05, 0) is 28.2 Å². The summed E-state index contributed by atoms with van der Waals surface area (Å²) >= 11 is 0. The molecule has 2 heterocycles. The van der Waals surface area contributed by atoms with Gasteiger partial charge < -0.3 is 15.0 Å². The summed E-state index contributed by atoms with van der Waals surface area (Å²) in [7, 11) is 0. The summed E-state index contributed by atoms with van der Waals surface area (Å²) in [4.78, 5) is 16.7. The third kappa shape index (κ3) is 3.51. The Morgan fingerprint density at radius 3 is 2.62 bits per heavy atom. The first kappa shape index (κ1) is 15.3. The highest BCUT2D eigenvalue weighted by Gasteiger charge is 2.20. The molecule has 0 aromatic carbocycles. The molecule has 0 saturated carbocycles. The van der Waals surface area contributed by atoms with Crippen LogP contribution in [-0.4, -0.2) is 32.5 Å². The zero-order chi connectivity index (χ0) is 15.6. The molecule has 0 amide bonds. The Morgan fingerprint density at radius 1 is 1.38 bits per heavy atom. The highest BCUT2D eigenvalue weighted by atomic mass is 16.6. The summed E-state index contributed by atoms with van der Waals surface area (Å²) in [6.45, 7) is 10.5. The molecular weight excluding hydrogens is 268 g/mol. The minimum absolute atomic E-state index is 0.0550. The number of imidazole rings is 1. The van der Waals surface area contributed by atoms with Crippen molar-refractivity contribution in [2.75, 3.05) is 13.1 Å². The smallest absolute Gasteiger partial charge is 0.342 e. The van der Waals surface area contributed by atoms with Gasteiger partial charge in [-0.2, -0.15) is 0 Å². The van der Waals surface area contributed by atoms with E-state index in [4.69, 9.17) is 0 Å². The zero-order valence-electron chi connectivity index (χ0n) is 13.0. The lowest BCUT2D eigenvalue weighted by atomic mass is 9.85. The average molecular weight is 290 g/mol. The molecule has 0 radical (unpaired) electrons. The Labute approximate surface area is 124 Å². The monoisotopic (exact) mass is 290 g/mol. The van der Waals surface area contributed by atoms with E-state index in [0.29, 0.717) is 12.4 Å². The van der Waals surface area contributed by atoms with E-state index in [-0.39, 0.29) is 16.2 Å². The lowest BCUT2D eigenvalue weighted by molar-refractivity contribution is -0.392. The van der Waals surface area contributed by atoms with Crippen LogP contribution >= 0.6 is 0 Å². The van der Waals surface area contributed by atoms with Gasteiger partial charge in [-0.15, -0.1) is 0 Å². The second-order valence-corrected chi connectivity index (χ2v) is 6.29. The lowest BCUT2D eigenvalue weighted by Gasteiger charge is -2.27. The van der Waals surface area contributed by atoms with Crippen molar-refractivity contribution in [2.45, 2.75) is 34.2 Å². The molecule has 0 aliphatic carbocycles. The third-order valence-electron chi connectivity index (χ3n) is 3.71. The molecule has 1 aromatic rings. The van der Waals surface area contributed by atoms with Crippen molar-refractivity contribution in [3.05, 3.63) is 46.1 Å². The summed E-state index contributed by atoms with van der Waals surface area (Å²) in [6.07, 6.45) is 7.73. The molecule has 1 aromatic heterocycles. The van der Waals surface area contributed by atoms with Crippen LogP contribution in [0.2, 0.25) is 0 Å². The molecule has 6 heteroatoms. The summed E-state index contributed by atoms with van der Waals surface area (Å²) in [5, 5.41) is 10.9. The van der Waals surface area contributed by atoms with Crippen molar-refractivity contribution in [3.63, 3.8) is 0 Å². The van der Waals surface area contributed by atoms with Gasteiger partial charge in [0.2, 0.25) is 0 Å². The molecule has 1 aliphatic heterocycles. The standard InChI is InChI=1S/C15H22N4O2/c1-12-16-11-14(19(20)21)18(12)10-9-17-7-5-13(6-8-17)15(2,3)4/h5-7,11H,8-10H2,1-4H3. The Kier molecular flexibility index (Phi) is 4.16. The van der Waals surface area contributed by atoms with Gasteiger partial charge in [0.15, 0.2) is 5.82 Å². The SMILES string of the molecule is Cc1ncc([N+](=O)[O-])n1CCN1C=CC(C(C)(C)C)=CC1. The zero-order valence-corrected chi connectivity index (χ0v) is 13.0. The van der Waals surface area contributed by atoms with Crippen LogP contribution < -0.4 is 0 Å². The van der Waals surface area contributed by atoms with Crippen molar-refractivity contribution in [3.8, 4) is 0 Å². The van der Waals surface area contributed by atoms with Crippen LogP contribution in [0.3, 0.4) is 0 Å². The predicted molar refractivity (Wildman–Crippen MR) is 81.9 cm³/mol. The average Bonchev–Trinajstić information content (AvgIpc) is 2.77. The van der Waals surface area contributed by atoms with Crippen LogP contribution in [0.25, 0.3) is 0 Å². The van der Waals surface area contributed by atoms with Gasteiger partial charge in [-0.25, -0.2) is 9.55 Å². The topological polar surface area (TPSA) is 64.2 Å². The number of aromatic nitrogens is 2. The van der Waals surface area contributed by atoms with Crippen molar-refractivity contribution in [2.24, 2.45) is 5.41 Å². The first-order chi connectivity index (χ1) is 9.79. The molecule has 0 atom stereocenters. The van der Waals surface area contributed by atoms with Crippen LogP contribution in [0.15, 0.2) is 30.1 Å². The molecule has 114 valence electrons.